The van der Waals surface area contributed by atoms with Crippen LogP contribution in [0.3, 0.4) is 0 Å². The Bertz CT molecular complexity index is 856. The number of hydrogen-bond acceptors (Lipinski definition) is 3. The summed E-state index contributed by atoms with van der Waals surface area (Å²) < 4.78 is 0. The molecule has 0 aromatic heterocycles. The van der Waals surface area contributed by atoms with Gasteiger partial charge in [0.15, 0.2) is 0 Å². The monoisotopic (exact) mass is 350 g/mol. The van der Waals surface area contributed by atoms with Crippen LogP contribution in [-0.2, 0) is 10.2 Å². The maximum Gasteiger partial charge on any atom is 0.241 e. The Morgan fingerprint density at radius 1 is 1.12 bits per heavy atom. The first kappa shape index (κ1) is 16.3. The van der Waals surface area contributed by atoms with Crippen LogP contribution in [0.5, 0.6) is 0 Å². The van der Waals surface area contributed by atoms with Gasteiger partial charge < -0.3 is 10.2 Å². The van der Waals surface area contributed by atoms with Gasteiger partial charge in [-0.25, -0.2) is 0 Å². The molecule has 4 heteroatoms. The van der Waals surface area contributed by atoms with Gasteiger partial charge in [-0.1, -0.05) is 50.3 Å². The van der Waals surface area contributed by atoms with Gasteiger partial charge in [0.05, 0.1) is 6.54 Å². The molecule has 4 rings (SSSR count). The molecule has 0 bridgehead atoms. The fourth-order valence-corrected chi connectivity index (χ4v) is 4.48. The average Bonchev–Trinajstić information content (AvgIpc) is 3.05. The van der Waals surface area contributed by atoms with Gasteiger partial charge in [0.25, 0.3) is 0 Å². The molecule has 25 heavy (non-hydrogen) atoms. The van der Waals surface area contributed by atoms with Crippen LogP contribution in [0.25, 0.3) is 6.08 Å². The van der Waals surface area contributed by atoms with E-state index in [1.807, 2.05) is 6.07 Å². The molecule has 1 amide bonds. The van der Waals surface area contributed by atoms with Crippen LogP contribution in [0.15, 0.2) is 59.5 Å². The van der Waals surface area contributed by atoms with E-state index in [1.54, 1.807) is 11.8 Å². The van der Waals surface area contributed by atoms with E-state index >= 15 is 0 Å². The van der Waals surface area contributed by atoms with E-state index in [0.29, 0.717) is 6.54 Å². The van der Waals surface area contributed by atoms with E-state index in [4.69, 9.17) is 0 Å². The van der Waals surface area contributed by atoms with E-state index in [-0.39, 0.29) is 11.3 Å². The third-order valence-corrected chi connectivity index (χ3v) is 6.25. The van der Waals surface area contributed by atoms with E-state index in [9.17, 15) is 4.79 Å². The Morgan fingerprint density at radius 3 is 2.56 bits per heavy atom. The number of thioether (sulfide) groups is 1. The van der Waals surface area contributed by atoms with E-state index in [0.717, 1.165) is 11.3 Å². The fourth-order valence-electron chi connectivity index (χ4n) is 4.07. The predicted octanol–water partition coefficient (Wildman–Crippen LogP) is 4.05. The Morgan fingerprint density at radius 2 is 1.84 bits per heavy atom. The molecule has 1 N–H and O–H groups in total. The second-order valence-electron chi connectivity index (χ2n) is 7.15. The topological polar surface area (TPSA) is 32.3 Å². The number of rotatable bonds is 3. The van der Waals surface area contributed by atoms with Crippen molar-refractivity contribution >= 4 is 29.4 Å². The zero-order valence-electron chi connectivity index (χ0n) is 14.7. The van der Waals surface area contributed by atoms with Crippen molar-refractivity contribution < 1.29 is 4.79 Å². The van der Waals surface area contributed by atoms with Crippen molar-refractivity contribution in [1.29, 1.82) is 0 Å². The predicted molar refractivity (Wildman–Crippen MR) is 105 cm³/mol. The van der Waals surface area contributed by atoms with Crippen LogP contribution < -0.4 is 10.2 Å². The van der Waals surface area contributed by atoms with E-state index < -0.39 is 5.66 Å². The molecule has 0 saturated carbocycles. The highest BCUT2D eigenvalue weighted by molar-refractivity contribution is 7.98. The standard InChI is InChI=1S/C21H22N2OS/c1-20(2)17-6-4-5-7-18(17)23-14-19(24)22-21(20,23)13-12-15-8-10-16(25-3)11-9-15/h4-13H,14H2,1-3H3,(H,22,24)/b13-12+. The smallest absolute Gasteiger partial charge is 0.241 e. The molecule has 1 fully saturated rings. The summed E-state index contributed by atoms with van der Waals surface area (Å²) in [7, 11) is 0. The number of fused-ring (bicyclic) bond motifs is 3. The van der Waals surface area contributed by atoms with Gasteiger partial charge in [-0.15, -0.1) is 11.8 Å². The number of carbonyl (C=O) groups excluding carboxylic acids is 1. The molecule has 1 atom stereocenters. The summed E-state index contributed by atoms with van der Waals surface area (Å²) in [6.45, 7) is 4.81. The minimum atomic E-state index is -0.522. The van der Waals surface area contributed by atoms with Crippen molar-refractivity contribution in [3.63, 3.8) is 0 Å². The van der Waals surface area contributed by atoms with Gasteiger partial charge in [-0.2, -0.15) is 0 Å². The lowest BCUT2D eigenvalue weighted by atomic mass is 9.75. The van der Waals surface area contributed by atoms with Gasteiger partial charge in [0, 0.05) is 16.0 Å². The SMILES string of the molecule is CSc1ccc(/C=C/C23NC(=O)CN2c2ccccc2C3(C)C)cc1. The normalized spacial score (nSPS) is 23.6. The molecule has 2 aliphatic heterocycles. The molecule has 0 radical (unpaired) electrons. The van der Waals surface area contributed by atoms with Crippen LogP contribution >= 0.6 is 11.8 Å². The lowest BCUT2D eigenvalue weighted by molar-refractivity contribution is -0.118. The van der Waals surface area contributed by atoms with E-state index in [2.05, 4.69) is 84.9 Å². The maximum absolute atomic E-state index is 12.3. The third kappa shape index (κ3) is 2.31. The summed E-state index contributed by atoms with van der Waals surface area (Å²) in [5.74, 6) is 0.0740. The lowest BCUT2D eigenvalue weighted by Gasteiger charge is -2.40. The zero-order chi connectivity index (χ0) is 17.7. The number of para-hydroxylation sites is 1. The minimum Gasteiger partial charge on any atom is -0.335 e. The van der Waals surface area contributed by atoms with Crippen molar-refractivity contribution in [3.8, 4) is 0 Å². The Hall–Kier alpha value is -2.20. The number of nitrogens with one attached hydrogen (secondary N) is 1. The summed E-state index contributed by atoms with van der Waals surface area (Å²) in [5, 5.41) is 3.26. The van der Waals surface area contributed by atoms with Crippen molar-refractivity contribution in [2.75, 3.05) is 17.7 Å². The highest BCUT2D eigenvalue weighted by Gasteiger charge is 2.59. The maximum atomic E-state index is 12.3. The summed E-state index contributed by atoms with van der Waals surface area (Å²) in [5.41, 5.74) is 2.82. The van der Waals surface area contributed by atoms with Crippen LogP contribution in [0.1, 0.15) is 25.0 Å². The van der Waals surface area contributed by atoms with Gasteiger partial charge in [-0.3, -0.25) is 4.79 Å². The second-order valence-corrected chi connectivity index (χ2v) is 8.03. The highest BCUT2D eigenvalue weighted by Crippen LogP contribution is 2.52. The molecule has 2 aromatic carbocycles. The van der Waals surface area contributed by atoms with Gasteiger partial charge >= 0.3 is 0 Å². The molecule has 2 aromatic rings. The lowest BCUT2D eigenvalue weighted by Crippen LogP contribution is -2.58. The van der Waals surface area contributed by atoms with Crippen LogP contribution in [-0.4, -0.2) is 24.4 Å². The summed E-state index contributed by atoms with van der Waals surface area (Å²) in [6, 6.07) is 16.9. The van der Waals surface area contributed by atoms with Crippen LogP contribution in [0.2, 0.25) is 0 Å². The van der Waals surface area contributed by atoms with Gasteiger partial charge in [-0.05, 0) is 41.7 Å². The molecule has 2 aliphatic rings. The molecule has 2 heterocycles. The Kier molecular flexibility index (Phi) is 3.69. The molecule has 0 aliphatic carbocycles. The number of hydrogen-bond donors (Lipinski definition) is 1. The molecule has 1 unspecified atom stereocenters. The second kappa shape index (κ2) is 5.67. The Labute approximate surface area is 153 Å². The first-order valence-corrected chi connectivity index (χ1v) is 9.72. The van der Waals surface area contributed by atoms with Gasteiger partial charge in [0.2, 0.25) is 5.91 Å². The zero-order valence-corrected chi connectivity index (χ0v) is 15.6. The number of anilines is 1. The third-order valence-electron chi connectivity index (χ3n) is 5.51. The summed E-state index contributed by atoms with van der Waals surface area (Å²) in [6.07, 6.45) is 6.36. The molecule has 3 nitrogen and oxygen atoms in total. The first-order valence-electron chi connectivity index (χ1n) is 8.49. The van der Waals surface area contributed by atoms with Crippen molar-refractivity contribution in [2.45, 2.75) is 29.8 Å². The molecular weight excluding hydrogens is 328 g/mol. The number of nitrogens with zero attached hydrogens (tertiary/aromatic N) is 1. The van der Waals surface area contributed by atoms with Crippen LogP contribution in [0, 0.1) is 0 Å². The molecular formula is C21H22N2OS. The minimum absolute atomic E-state index is 0.0740. The number of benzene rings is 2. The summed E-state index contributed by atoms with van der Waals surface area (Å²) in [4.78, 5) is 15.7. The average molecular weight is 350 g/mol. The van der Waals surface area contributed by atoms with Crippen molar-refractivity contribution in [2.24, 2.45) is 0 Å². The quantitative estimate of drug-likeness (QED) is 0.848. The largest absolute Gasteiger partial charge is 0.335 e. The fraction of sp³-hybridized carbons (Fsp3) is 0.286. The number of carbonyl (C=O) groups is 1. The molecule has 128 valence electrons. The van der Waals surface area contributed by atoms with Gasteiger partial charge in [0.1, 0.15) is 5.66 Å². The summed E-state index contributed by atoms with van der Waals surface area (Å²) >= 11 is 1.74. The van der Waals surface area contributed by atoms with E-state index in [1.165, 1.54) is 10.5 Å². The van der Waals surface area contributed by atoms with Crippen molar-refractivity contribution in [1.82, 2.24) is 5.32 Å². The Balaban J connectivity index is 1.78. The van der Waals surface area contributed by atoms with Crippen molar-refractivity contribution in [3.05, 3.63) is 65.7 Å². The highest BCUT2D eigenvalue weighted by atomic mass is 32.2. The van der Waals surface area contributed by atoms with Crippen LogP contribution in [0.4, 0.5) is 5.69 Å². The molecule has 0 spiro atoms. The first-order chi connectivity index (χ1) is 12.0. The molecule has 1 saturated heterocycles. The number of amides is 1.